The van der Waals surface area contributed by atoms with Gasteiger partial charge in [0.25, 0.3) is 5.56 Å². The van der Waals surface area contributed by atoms with E-state index in [4.69, 9.17) is 10.5 Å². The molecule has 1 aromatic carbocycles. The van der Waals surface area contributed by atoms with Gasteiger partial charge in [0, 0.05) is 18.2 Å². The lowest BCUT2D eigenvalue weighted by Crippen LogP contribution is -2.12. The molecule has 0 fully saturated rings. The Balaban J connectivity index is 2.44. The number of nitrogens with two attached hydrogens (primary N) is 1. The monoisotopic (exact) mass is 245 g/mol. The summed E-state index contributed by atoms with van der Waals surface area (Å²) in [7, 11) is 0. The average molecular weight is 245 g/mol. The van der Waals surface area contributed by atoms with Gasteiger partial charge in [-0.1, -0.05) is 12.1 Å². The van der Waals surface area contributed by atoms with Crippen molar-refractivity contribution in [2.75, 3.05) is 6.61 Å². The van der Waals surface area contributed by atoms with Crippen LogP contribution in [0.3, 0.4) is 0 Å². The maximum atomic E-state index is 11.5. The van der Waals surface area contributed by atoms with E-state index in [1.165, 1.54) is 6.07 Å². The van der Waals surface area contributed by atoms with Crippen LogP contribution in [0.15, 0.2) is 35.1 Å². The maximum absolute atomic E-state index is 11.5. The minimum absolute atomic E-state index is 0.206. The van der Waals surface area contributed by atoms with Crippen molar-refractivity contribution in [3.8, 4) is 17.1 Å². The summed E-state index contributed by atoms with van der Waals surface area (Å²) in [5.74, 6) is 1.25. The number of H-pyrrole nitrogens is 1. The van der Waals surface area contributed by atoms with Gasteiger partial charge in [0.15, 0.2) is 0 Å². The van der Waals surface area contributed by atoms with Gasteiger partial charge in [0.2, 0.25) is 0 Å². The third-order valence-electron chi connectivity index (χ3n) is 2.42. The zero-order valence-electron chi connectivity index (χ0n) is 10.1. The molecule has 0 saturated heterocycles. The predicted molar refractivity (Wildman–Crippen MR) is 69.4 cm³/mol. The largest absolute Gasteiger partial charge is 0.494 e. The fourth-order valence-corrected chi connectivity index (χ4v) is 1.65. The molecule has 5 heteroatoms. The molecule has 0 amide bonds. The number of aromatic amines is 1. The van der Waals surface area contributed by atoms with E-state index >= 15 is 0 Å². The molecule has 18 heavy (non-hydrogen) atoms. The smallest absolute Gasteiger partial charge is 0.251 e. The van der Waals surface area contributed by atoms with Crippen molar-refractivity contribution in [3.05, 3.63) is 46.4 Å². The second kappa shape index (κ2) is 5.46. The summed E-state index contributed by atoms with van der Waals surface area (Å²) in [6, 6.07) is 8.81. The first kappa shape index (κ1) is 12.3. The molecule has 1 aromatic heterocycles. The number of aromatic nitrogens is 2. The van der Waals surface area contributed by atoms with Gasteiger partial charge in [-0.05, 0) is 19.1 Å². The van der Waals surface area contributed by atoms with Crippen molar-refractivity contribution < 1.29 is 4.74 Å². The third kappa shape index (κ3) is 2.75. The Hall–Kier alpha value is -2.14. The lowest BCUT2D eigenvalue weighted by Gasteiger charge is -2.06. The normalized spacial score (nSPS) is 10.3. The van der Waals surface area contributed by atoms with Crippen LogP contribution in [0.4, 0.5) is 0 Å². The SMILES string of the molecule is CCOc1cccc(-c2nc(CN)cc(=O)[nH]2)c1. The van der Waals surface area contributed by atoms with Crippen molar-refractivity contribution >= 4 is 0 Å². The minimum Gasteiger partial charge on any atom is -0.494 e. The first-order valence-corrected chi connectivity index (χ1v) is 5.76. The van der Waals surface area contributed by atoms with Gasteiger partial charge in [-0.2, -0.15) is 0 Å². The van der Waals surface area contributed by atoms with Crippen LogP contribution in [-0.2, 0) is 6.54 Å². The van der Waals surface area contributed by atoms with Gasteiger partial charge in [-0.3, -0.25) is 4.79 Å². The molecule has 0 aliphatic rings. The van der Waals surface area contributed by atoms with E-state index in [-0.39, 0.29) is 12.1 Å². The Morgan fingerprint density at radius 2 is 2.22 bits per heavy atom. The Morgan fingerprint density at radius 1 is 1.39 bits per heavy atom. The third-order valence-corrected chi connectivity index (χ3v) is 2.42. The highest BCUT2D eigenvalue weighted by Gasteiger charge is 2.04. The van der Waals surface area contributed by atoms with Gasteiger partial charge in [0.05, 0.1) is 12.3 Å². The summed E-state index contributed by atoms with van der Waals surface area (Å²) in [6.45, 7) is 2.75. The molecule has 94 valence electrons. The zero-order valence-corrected chi connectivity index (χ0v) is 10.1. The second-order valence-electron chi connectivity index (χ2n) is 3.75. The average Bonchev–Trinajstić information content (AvgIpc) is 2.39. The molecule has 0 bridgehead atoms. The highest BCUT2D eigenvalue weighted by atomic mass is 16.5. The number of hydrogen-bond acceptors (Lipinski definition) is 4. The summed E-state index contributed by atoms with van der Waals surface area (Å²) in [6.07, 6.45) is 0. The van der Waals surface area contributed by atoms with Crippen molar-refractivity contribution in [3.63, 3.8) is 0 Å². The molecule has 0 unspecified atom stereocenters. The van der Waals surface area contributed by atoms with E-state index in [0.29, 0.717) is 18.1 Å². The quantitative estimate of drug-likeness (QED) is 0.850. The molecule has 1 heterocycles. The molecule has 5 nitrogen and oxygen atoms in total. The van der Waals surface area contributed by atoms with E-state index in [9.17, 15) is 4.79 Å². The van der Waals surface area contributed by atoms with E-state index < -0.39 is 0 Å². The van der Waals surface area contributed by atoms with Crippen LogP contribution < -0.4 is 16.0 Å². The molecule has 0 saturated carbocycles. The number of hydrogen-bond donors (Lipinski definition) is 2. The topological polar surface area (TPSA) is 81.0 Å². The van der Waals surface area contributed by atoms with Crippen LogP contribution in [0.5, 0.6) is 5.75 Å². The fraction of sp³-hybridized carbons (Fsp3) is 0.231. The summed E-state index contributed by atoms with van der Waals surface area (Å²) in [5.41, 5.74) is 6.66. The summed E-state index contributed by atoms with van der Waals surface area (Å²) in [4.78, 5) is 18.4. The molecule has 0 aliphatic heterocycles. The van der Waals surface area contributed by atoms with Crippen LogP contribution in [0.25, 0.3) is 11.4 Å². The lowest BCUT2D eigenvalue weighted by atomic mass is 10.2. The van der Waals surface area contributed by atoms with Gasteiger partial charge in [-0.15, -0.1) is 0 Å². The van der Waals surface area contributed by atoms with Gasteiger partial charge >= 0.3 is 0 Å². The number of nitrogens with zero attached hydrogens (tertiary/aromatic N) is 1. The van der Waals surface area contributed by atoms with Crippen LogP contribution >= 0.6 is 0 Å². The molecule has 3 N–H and O–H groups in total. The Morgan fingerprint density at radius 3 is 2.94 bits per heavy atom. The van der Waals surface area contributed by atoms with E-state index in [2.05, 4.69) is 9.97 Å². The highest BCUT2D eigenvalue weighted by molar-refractivity contribution is 5.57. The van der Waals surface area contributed by atoms with Crippen LogP contribution in [0.2, 0.25) is 0 Å². The summed E-state index contributed by atoms with van der Waals surface area (Å²) < 4.78 is 5.41. The van der Waals surface area contributed by atoms with Crippen LogP contribution in [0.1, 0.15) is 12.6 Å². The van der Waals surface area contributed by atoms with Crippen LogP contribution in [0, 0.1) is 0 Å². The number of nitrogens with one attached hydrogen (secondary N) is 1. The molecular weight excluding hydrogens is 230 g/mol. The summed E-state index contributed by atoms with van der Waals surface area (Å²) in [5, 5.41) is 0. The van der Waals surface area contributed by atoms with E-state index in [0.717, 1.165) is 11.3 Å². The Bertz CT molecular complexity index is 593. The van der Waals surface area contributed by atoms with E-state index in [1.54, 1.807) is 0 Å². The number of ether oxygens (including phenoxy) is 1. The first-order chi connectivity index (χ1) is 8.72. The first-order valence-electron chi connectivity index (χ1n) is 5.76. The zero-order chi connectivity index (χ0) is 13.0. The molecule has 2 aromatic rings. The van der Waals surface area contributed by atoms with Crippen molar-refractivity contribution in [2.24, 2.45) is 5.73 Å². The Labute approximate surface area is 105 Å². The predicted octanol–water partition coefficient (Wildman–Crippen LogP) is 1.29. The molecular formula is C13H15N3O2. The lowest BCUT2D eigenvalue weighted by molar-refractivity contribution is 0.340. The van der Waals surface area contributed by atoms with Crippen molar-refractivity contribution in [1.29, 1.82) is 0 Å². The number of benzene rings is 1. The summed E-state index contributed by atoms with van der Waals surface area (Å²) >= 11 is 0. The fourth-order valence-electron chi connectivity index (χ4n) is 1.65. The highest BCUT2D eigenvalue weighted by Crippen LogP contribution is 2.20. The van der Waals surface area contributed by atoms with Crippen LogP contribution in [-0.4, -0.2) is 16.6 Å². The minimum atomic E-state index is -0.206. The van der Waals surface area contributed by atoms with Gasteiger partial charge < -0.3 is 15.5 Å². The number of rotatable bonds is 4. The molecule has 0 spiro atoms. The van der Waals surface area contributed by atoms with Gasteiger partial charge in [0.1, 0.15) is 11.6 Å². The molecule has 2 rings (SSSR count). The van der Waals surface area contributed by atoms with Crippen molar-refractivity contribution in [1.82, 2.24) is 9.97 Å². The molecule has 0 aliphatic carbocycles. The van der Waals surface area contributed by atoms with Gasteiger partial charge in [-0.25, -0.2) is 4.98 Å². The second-order valence-corrected chi connectivity index (χ2v) is 3.75. The maximum Gasteiger partial charge on any atom is 0.251 e. The Kier molecular flexibility index (Phi) is 3.74. The van der Waals surface area contributed by atoms with E-state index in [1.807, 2.05) is 31.2 Å². The van der Waals surface area contributed by atoms with Crippen molar-refractivity contribution in [2.45, 2.75) is 13.5 Å². The molecule has 0 atom stereocenters. The standard InChI is InChI=1S/C13H15N3O2/c1-2-18-11-5-3-4-9(6-11)13-15-10(8-14)7-12(17)16-13/h3-7H,2,8,14H2,1H3,(H,15,16,17). The molecule has 0 radical (unpaired) electrons.